The number of aliphatic hydroxyl groups is 2. The van der Waals surface area contributed by atoms with Gasteiger partial charge in [0.1, 0.15) is 23.5 Å². The Balaban J connectivity index is 1.03. The van der Waals surface area contributed by atoms with Gasteiger partial charge in [-0.15, -0.1) is 0 Å². The summed E-state index contributed by atoms with van der Waals surface area (Å²) in [6.45, 7) is 1.70. The van der Waals surface area contributed by atoms with Crippen molar-refractivity contribution in [3.05, 3.63) is 12.2 Å². The van der Waals surface area contributed by atoms with E-state index < -0.39 is 42.6 Å². The highest BCUT2D eigenvalue weighted by Crippen LogP contribution is 2.33. The molecule has 1 saturated carbocycles. The topological polar surface area (TPSA) is 207 Å². The van der Waals surface area contributed by atoms with Crippen LogP contribution >= 0.6 is 0 Å². The average molecular weight is 573 g/mol. The predicted octanol–water partition coefficient (Wildman–Crippen LogP) is -0.634. The lowest BCUT2D eigenvalue weighted by Crippen LogP contribution is -2.43. The molecular weight excluding hydrogens is 536 g/mol. The van der Waals surface area contributed by atoms with E-state index in [1.165, 1.54) is 10.9 Å². The number of carbonyl (C=O) groups is 3. The number of aliphatic hydroxyl groups excluding tert-OH is 2. The summed E-state index contributed by atoms with van der Waals surface area (Å²) in [7, 11) is 0. The van der Waals surface area contributed by atoms with Crippen LogP contribution in [0.1, 0.15) is 57.0 Å². The first kappa shape index (κ1) is 27.6. The molecule has 2 unspecified atom stereocenters. The molecule has 3 aliphatic heterocycles. The predicted molar refractivity (Wildman–Crippen MR) is 142 cm³/mol. The van der Waals surface area contributed by atoms with Gasteiger partial charge in [0.25, 0.3) is 11.8 Å². The Morgan fingerprint density at radius 3 is 2.63 bits per heavy atom. The van der Waals surface area contributed by atoms with Crippen molar-refractivity contribution in [2.24, 2.45) is 5.92 Å². The summed E-state index contributed by atoms with van der Waals surface area (Å²) < 4.78 is 12.6. The molecule has 15 heteroatoms. The van der Waals surface area contributed by atoms with Crippen LogP contribution in [0.4, 0.5) is 10.6 Å². The van der Waals surface area contributed by atoms with Gasteiger partial charge in [-0.25, -0.2) is 19.7 Å². The second-order valence-electron chi connectivity index (χ2n) is 11.3. The summed E-state index contributed by atoms with van der Waals surface area (Å²) in [6, 6.07) is 0.0917. The Labute approximate surface area is 235 Å². The van der Waals surface area contributed by atoms with Gasteiger partial charge in [-0.1, -0.05) is 0 Å². The number of hydrogen-bond acceptors (Lipinski definition) is 11. The number of nitrogens with zero attached hydrogens (tertiary/aromatic N) is 5. The van der Waals surface area contributed by atoms with Gasteiger partial charge < -0.3 is 41.0 Å². The number of nitrogen functional groups attached to an aromatic ring is 1. The highest BCUT2D eigenvalue weighted by atomic mass is 16.6. The molecule has 6 N–H and O–H groups in total. The molecule has 0 spiro atoms. The van der Waals surface area contributed by atoms with Crippen molar-refractivity contribution in [3.63, 3.8) is 0 Å². The van der Waals surface area contributed by atoms with Gasteiger partial charge in [-0.3, -0.25) is 14.2 Å². The molecular formula is C26H36N8O7. The zero-order chi connectivity index (χ0) is 28.7. The molecule has 41 heavy (non-hydrogen) atoms. The molecule has 2 aromatic heterocycles. The normalized spacial score (nSPS) is 28.7. The third-order valence-corrected chi connectivity index (χ3v) is 8.32. The number of hydrogen-bond donors (Lipinski definition) is 5. The minimum atomic E-state index is -1.40. The summed E-state index contributed by atoms with van der Waals surface area (Å²) in [5.74, 6) is 0.459. The van der Waals surface area contributed by atoms with Crippen LogP contribution in [0.2, 0.25) is 0 Å². The summed E-state index contributed by atoms with van der Waals surface area (Å²) >= 11 is 0. The summed E-state index contributed by atoms with van der Waals surface area (Å²) in [4.78, 5) is 51.6. The van der Waals surface area contributed by atoms with E-state index >= 15 is 0 Å². The van der Waals surface area contributed by atoms with Gasteiger partial charge in [-0.2, -0.15) is 0 Å². The van der Waals surface area contributed by atoms with Crippen LogP contribution in [-0.2, 0) is 25.5 Å². The molecule has 5 heterocycles. The number of imidazole rings is 1. The van der Waals surface area contributed by atoms with Crippen molar-refractivity contribution in [3.8, 4) is 0 Å². The molecule has 6 rings (SSSR count). The number of fused-ring (bicyclic) bond motifs is 1. The first-order chi connectivity index (χ1) is 19.8. The lowest BCUT2D eigenvalue weighted by molar-refractivity contribution is -0.137. The number of aromatic nitrogens is 4. The molecule has 3 amide bonds. The Kier molecular flexibility index (Phi) is 7.66. The molecule has 4 aliphatic rings. The van der Waals surface area contributed by atoms with Crippen LogP contribution in [0.25, 0.3) is 11.2 Å². The van der Waals surface area contributed by atoms with Gasteiger partial charge in [0.15, 0.2) is 29.9 Å². The van der Waals surface area contributed by atoms with Crippen molar-refractivity contribution in [1.82, 2.24) is 35.1 Å². The Bertz CT molecular complexity index is 1310. The monoisotopic (exact) mass is 572 g/mol. The second kappa shape index (κ2) is 11.4. The first-order valence-corrected chi connectivity index (χ1v) is 14.3. The molecule has 3 saturated heterocycles. The average Bonchev–Trinajstić information content (AvgIpc) is 3.39. The van der Waals surface area contributed by atoms with Crippen LogP contribution in [0.3, 0.4) is 0 Å². The van der Waals surface area contributed by atoms with Gasteiger partial charge >= 0.3 is 6.09 Å². The van der Waals surface area contributed by atoms with Crippen LogP contribution in [0, 0.1) is 5.92 Å². The van der Waals surface area contributed by atoms with Crippen LogP contribution in [0.5, 0.6) is 0 Å². The number of ether oxygens (including phenoxy) is 2. The van der Waals surface area contributed by atoms with E-state index in [0.29, 0.717) is 55.4 Å². The maximum atomic E-state index is 12.5. The number of amides is 3. The lowest BCUT2D eigenvalue weighted by atomic mass is 9.91. The van der Waals surface area contributed by atoms with Crippen molar-refractivity contribution in [1.29, 1.82) is 0 Å². The second-order valence-corrected chi connectivity index (χ2v) is 11.3. The number of likely N-dealkylation sites (tertiary alicyclic amines) is 1. The molecule has 4 fully saturated rings. The maximum Gasteiger partial charge on any atom is 0.410 e. The molecule has 222 valence electrons. The highest BCUT2D eigenvalue weighted by Gasteiger charge is 2.48. The molecule has 0 aromatic carbocycles. The van der Waals surface area contributed by atoms with E-state index in [1.54, 1.807) is 4.90 Å². The molecule has 2 aromatic rings. The van der Waals surface area contributed by atoms with Gasteiger partial charge in [-0.05, 0) is 44.4 Å². The minimum absolute atomic E-state index is 0.0917. The van der Waals surface area contributed by atoms with E-state index in [4.69, 9.17) is 15.2 Å². The van der Waals surface area contributed by atoms with Crippen molar-refractivity contribution in [2.45, 2.75) is 88.1 Å². The number of aryl methyl sites for hydroxylation is 1. The number of anilines is 1. The summed E-state index contributed by atoms with van der Waals surface area (Å²) in [5.41, 5.74) is 6.88. The van der Waals surface area contributed by atoms with Gasteiger partial charge in [0.2, 0.25) is 0 Å². The lowest BCUT2D eigenvalue weighted by Gasteiger charge is -2.31. The molecule has 15 nitrogen and oxygen atoms in total. The molecule has 0 bridgehead atoms. The van der Waals surface area contributed by atoms with Crippen molar-refractivity contribution < 1.29 is 34.1 Å². The maximum absolute atomic E-state index is 12.5. The van der Waals surface area contributed by atoms with Crippen molar-refractivity contribution >= 4 is 34.9 Å². The third-order valence-electron chi connectivity index (χ3n) is 8.32. The zero-order valence-corrected chi connectivity index (χ0v) is 22.6. The fourth-order valence-electron chi connectivity index (χ4n) is 5.73. The SMILES string of the molecule is Nc1nc(CCCC2CCN(C(=O)OC3CCNC3=O)CC2)nc2c1ncn2[C@@H]1O[C@H](C(=O)NC2CC2)C(O)[C@@H]1O. The minimum Gasteiger partial charge on any atom is -0.436 e. The van der Waals surface area contributed by atoms with Gasteiger partial charge in [0.05, 0.1) is 6.33 Å². The molecule has 0 radical (unpaired) electrons. The first-order valence-electron chi connectivity index (χ1n) is 14.3. The number of carbonyl (C=O) groups excluding carboxylic acids is 3. The Hall–Kier alpha value is -3.56. The van der Waals surface area contributed by atoms with Crippen LogP contribution in [0.15, 0.2) is 6.33 Å². The number of piperidine rings is 1. The quantitative estimate of drug-likeness (QED) is 0.269. The van der Waals surface area contributed by atoms with Gasteiger partial charge in [0, 0.05) is 38.5 Å². The van der Waals surface area contributed by atoms with Crippen LogP contribution in [-0.4, -0.2) is 103 Å². The Morgan fingerprint density at radius 1 is 1.15 bits per heavy atom. The van der Waals surface area contributed by atoms with E-state index in [-0.39, 0.29) is 17.8 Å². The molecule has 5 atom stereocenters. The summed E-state index contributed by atoms with van der Waals surface area (Å²) in [5, 5.41) is 26.7. The fraction of sp³-hybridized carbons (Fsp3) is 0.692. The third kappa shape index (κ3) is 5.78. The highest BCUT2D eigenvalue weighted by molar-refractivity contribution is 5.85. The van der Waals surface area contributed by atoms with Crippen molar-refractivity contribution in [2.75, 3.05) is 25.4 Å². The van der Waals surface area contributed by atoms with E-state index in [1.807, 2.05) is 0 Å². The van der Waals surface area contributed by atoms with E-state index in [9.17, 15) is 24.6 Å². The number of nitrogens with two attached hydrogens (primary N) is 1. The number of nitrogens with one attached hydrogen (secondary N) is 2. The van der Waals surface area contributed by atoms with E-state index in [0.717, 1.165) is 38.5 Å². The zero-order valence-electron chi connectivity index (χ0n) is 22.6. The van der Waals surface area contributed by atoms with Crippen LogP contribution < -0.4 is 16.4 Å². The summed E-state index contributed by atoms with van der Waals surface area (Å²) in [6.07, 6.45) is 1.53. The largest absolute Gasteiger partial charge is 0.436 e. The smallest absolute Gasteiger partial charge is 0.410 e. The van der Waals surface area contributed by atoms with E-state index in [2.05, 4.69) is 25.6 Å². The molecule has 1 aliphatic carbocycles. The Morgan fingerprint density at radius 2 is 1.93 bits per heavy atom. The fourth-order valence-corrected chi connectivity index (χ4v) is 5.73. The number of rotatable bonds is 8. The standard InChI is InChI=1S/C26H36N8O7/c27-21-17-22(34(12-29-17)25-19(36)18(35)20(41-25)24(38)30-14-4-5-14)32-16(31-21)3-1-2-13-7-10-33(11-8-13)26(39)40-15-6-9-28-23(15)37/h12-15,18-20,25,35-36H,1-11H2,(H,28,37)(H,30,38)(H2,27,31,32)/t15?,18?,19-,20-,25+/m0/s1.